The average Bonchev–Trinajstić information content (AvgIpc) is 3.42. The molecule has 0 saturated carbocycles. The van der Waals surface area contributed by atoms with E-state index in [1.807, 2.05) is 24.3 Å². The Bertz CT molecular complexity index is 1500. The van der Waals surface area contributed by atoms with E-state index in [-0.39, 0.29) is 17.9 Å². The van der Waals surface area contributed by atoms with Gasteiger partial charge in [-0.2, -0.15) is 5.10 Å². The van der Waals surface area contributed by atoms with E-state index in [0.29, 0.717) is 56.0 Å². The highest BCUT2D eigenvalue weighted by Gasteiger charge is 2.33. The molecule has 10 heteroatoms. The first-order chi connectivity index (χ1) is 19.5. The fourth-order valence-electron chi connectivity index (χ4n) is 5.53. The largest absolute Gasteiger partial charge is 0.493 e. The lowest BCUT2D eigenvalue weighted by molar-refractivity contribution is -0.0364. The van der Waals surface area contributed by atoms with Crippen molar-refractivity contribution in [1.29, 1.82) is 0 Å². The van der Waals surface area contributed by atoms with Crippen LogP contribution in [0.5, 0.6) is 5.75 Å². The second-order valence-corrected chi connectivity index (χ2v) is 11.0. The summed E-state index contributed by atoms with van der Waals surface area (Å²) >= 11 is 0. The Morgan fingerprint density at radius 3 is 2.65 bits per heavy atom. The first kappa shape index (κ1) is 26.6. The number of halogens is 1. The molecule has 1 N–H and O–H groups in total. The van der Waals surface area contributed by atoms with Gasteiger partial charge in [-0.15, -0.1) is 0 Å². The molecule has 2 fully saturated rings. The van der Waals surface area contributed by atoms with Crippen molar-refractivity contribution in [2.45, 2.75) is 44.4 Å². The number of likely N-dealkylation sites (tertiary alicyclic amines) is 1. The molecule has 2 aliphatic heterocycles. The molecule has 6 rings (SSSR count). The zero-order valence-electron chi connectivity index (χ0n) is 22.4. The third-order valence-corrected chi connectivity index (χ3v) is 8.01. The molecule has 0 amide bonds. The lowest BCUT2D eigenvalue weighted by atomic mass is 9.91. The van der Waals surface area contributed by atoms with Gasteiger partial charge < -0.3 is 14.6 Å². The van der Waals surface area contributed by atoms with E-state index in [4.69, 9.17) is 9.47 Å². The zero-order chi connectivity index (χ0) is 27.5. The molecule has 0 aliphatic carbocycles. The Morgan fingerprint density at radius 2 is 1.88 bits per heavy atom. The van der Waals surface area contributed by atoms with Crippen LogP contribution in [0.15, 0.2) is 65.8 Å². The lowest BCUT2D eigenvalue weighted by Crippen LogP contribution is -2.47. The van der Waals surface area contributed by atoms with E-state index in [9.17, 15) is 14.3 Å². The molecule has 0 unspecified atom stereocenters. The number of ether oxygens (including phenoxy) is 2. The summed E-state index contributed by atoms with van der Waals surface area (Å²) < 4.78 is 27.8. The molecule has 210 valence electrons. The van der Waals surface area contributed by atoms with Gasteiger partial charge in [0.2, 0.25) is 0 Å². The van der Waals surface area contributed by atoms with Gasteiger partial charge >= 0.3 is 0 Å². The predicted molar refractivity (Wildman–Crippen MR) is 148 cm³/mol. The highest BCUT2D eigenvalue weighted by molar-refractivity contribution is 5.75. The third kappa shape index (κ3) is 5.94. The van der Waals surface area contributed by atoms with Gasteiger partial charge in [-0.05, 0) is 61.4 Å². The van der Waals surface area contributed by atoms with E-state index in [1.165, 1.54) is 29.2 Å². The quantitative estimate of drug-likeness (QED) is 0.361. The van der Waals surface area contributed by atoms with Crippen LogP contribution in [0.25, 0.3) is 16.7 Å². The SMILES string of the molecule is O=c1c2cnn(-c3cccc(OCC4CCOCC4)c3)c2ncn1CC1(O)CCN(Cc2ccc(F)cc2)CC1. The third-order valence-electron chi connectivity index (χ3n) is 8.01. The molecule has 0 radical (unpaired) electrons. The molecule has 40 heavy (non-hydrogen) atoms. The van der Waals surface area contributed by atoms with E-state index in [0.717, 1.165) is 43.1 Å². The van der Waals surface area contributed by atoms with Gasteiger partial charge in [0.25, 0.3) is 5.56 Å². The Balaban J connectivity index is 1.12. The van der Waals surface area contributed by atoms with Gasteiger partial charge in [0.15, 0.2) is 5.65 Å². The van der Waals surface area contributed by atoms with Crippen molar-refractivity contribution >= 4 is 11.0 Å². The summed E-state index contributed by atoms with van der Waals surface area (Å²) in [7, 11) is 0. The standard InChI is InChI=1S/C30H34FN5O4/c31-24-6-4-22(5-7-24)18-34-12-10-30(38,11-13-34)20-35-21-32-28-27(29(35)37)17-33-36(28)25-2-1-3-26(16-25)40-19-23-8-14-39-15-9-23/h1-7,16-17,21,23,38H,8-15,18-20H2. The second kappa shape index (κ2) is 11.5. The Hall–Kier alpha value is -3.60. The number of fused-ring (bicyclic) bond motifs is 1. The summed E-state index contributed by atoms with van der Waals surface area (Å²) in [4.78, 5) is 20.1. The summed E-state index contributed by atoms with van der Waals surface area (Å²) in [6, 6.07) is 14.1. The number of benzene rings is 2. The van der Waals surface area contributed by atoms with Crippen LogP contribution in [0.3, 0.4) is 0 Å². The predicted octanol–water partition coefficient (Wildman–Crippen LogP) is 3.55. The van der Waals surface area contributed by atoms with Crippen molar-refractivity contribution in [1.82, 2.24) is 24.2 Å². The number of hydrogen-bond acceptors (Lipinski definition) is 7. The topological polar surface area (TPSA) is 94.6 Å². The zero-order valence-corrected chi connectivity index (χ0v) is 22.4. The summed E-state index contributed by atoms with van der Waals surface area (Å²) in [5.74, 6) is 0.982. The van der Waals surface area contributed by atoms with Crippen LogP contribution in [-0.2, 0) is 17.8 Å². The molecule has 0 bridgehead atoms. The monoisotopic (exact) mass is 547 g/mol. The van der Waals surface area contributed by atoms with Crippen LogP contribution < -0.4 is 10.3 Å². The van der Waals surface area contributed by atoms with E-state index in [2.05, 4.69) is 15.0 Å². The Morgan fingerprint density at radius 1 is 1.10 bits per heavy atom. The number of hydrogen-bond donors (Lipinski definition) is 1. The van der Waals surface area contributed by atoms with Gasteiger partial charge in [0.1, 0.15) is 23.3 Å². The van der Waals surface area contributed by atoms with Gasteiger partial charge in [-0.3, -0.25) is 14.3 Å². The van der Waals surface area contributed by atoms with E-state index in [1.54, 1.807) is 16.8 Å². The summed E-state index contributed by atoms with van der Waals surface area (Å²) in [6.45, 7) is 4.44. The number of rotatable bonds is 8. The minimum Gasteiger partial charge on any atom is -0.493 e. The molecule has 2 aromatic carbocycles. The first-order valence-electron chi connectivity index (χ1n) is 13.9. The van der Waals surface area contributed by atoms with Crippen LogP contribution in [-0.4, -0.2) is 67.8 Å². The number of aliphatic hydroxyl groups is 1. The molecular formula is C30H34FN5O4. The molecular weight excluding hydrogens is 513 g/mol. The van der Waals surface area contributed by atoms with Crippen LogP contribution in [0.1, 0.15) is 31.2 Å². The van der Waals surface area contributed by atoms with Crippen molar-refractivity contribution in [2.24, 2.45) is 5.92 Å². The van der Waals surface area contributed by atoms with E-state index < -0.39 is 5.60 Å². The first-order valence-corrected chi connectivity index (χ1v) is 13.9. The fraction of sp³-hybridized carbons (Fsp3) is 0.433. The van der Waals surface area contributed by atoms with Crippen LogP contribution >= 0.6 is 0 Å². The molecule has 4 heterocycles. The molecule has 2 aliphatic rings. The van der Waals surface area contributed by atoms with Crippen molar-refractivity contribution in [3.05, 3.63) is 82.8 Å². The van der Waals surface area contributed by atoms with Crippen molar-refractivity contribution in [3.8, 4) is 11.4 Å². The average molecular weight is 548 g/mol. The maximum Gasteiger partial charge on any atom is 0.264 e. The highest BCUT2D eigenvalue weighted by Crippen LogP contribution is 2.26. The summed E-state index contributed by atoms with van der Waals surface area (Å²) in [5, 5.41) is 16.1. The molecule has 2 saturated heterocycles. The smallest absolute Gasteiger partial charge is 0.264 e. The van der Waals surface area contributed by atoms with E-state index >= 15 is 0 Å². The van der Waals surface area contributed by atoms with Gasteiger partial charge in [-0.1, -0.05) is 18.2 Å². The lowest BCUT2D eigenvalue weighted by Gasteiger charge is -2.38. The van der Waals surface area contributed by atoms with Crippen LogP contribution in [0.2, 0.25) is 0 Å². The molecule has 0 atom stereocenters. The molecule has 9 nitrogen and oxygen atoms in total. The number of nitrogens with zero attached hydrogens (tertiary/aromatic N) is 5. The van der Waals surface area contributed by atoms with Crippen LogP contribution in [0.4, 0.5) is 4.39 Å². The number of piperidine rings is 1. The molecule has 0 spiro atoms. The van der Waals surface area contributed by atoms with Gasteiger partial charge in [0.05, 0.1) is 30.6 Å². The Labute approximate surface area is 231 Å². The van der Waals surface area contributed by atoms with Gasteiger partial charge in [0, 0.05) is 38.9 Å². The molecule has 2 aromatic heterocycles. The second-order valence-electron chi connectivity index (χ2n) is 11.0. The van der Waals surface area contributed by atoms with Crippen molar-refractivity contribution < 1.29 is 19.0 Å². The van der Waals surface area contributed by atoms with Crippen molar-refractivity contribution in [3.63, 3.8) is 0 Å². The Kier molecular flexibility index (Phi) is 7.64. The van der Waals surface area contributed by atoms with Crippen LogP contribution in [0, 0.1) is 11.7 Å². The minimum absolute atomic E-state index is 0.167. The normalized spacial score (nSPS) is 18.2. The number of aromatic nitrogens is 4. The molecule has 4 aromatic rings. The maximum atomic E-state index is 13.3. The summed E-state index contributed by atoms with van der Waals surface area (Å²) in [6.07, 6.45) is 6.09. The van der Waals surface area contributed by atoms with Crippen molar-refractivity contribution in [2.75, 3.05) is 32.9 Å². The van der Waals surface area contributed by atoms with Gasteiger partial charge in [-0.25, -0.2) is 14.1 Å². The highest BCUT2D eigenvalue weighted by atomic mass is 19.1. The maximum absolute atomic E-state index is 13.3. The minimum atomic E-state index is -1.01. The summed E-state index contributed by atoms with van der Waals surface area (Å²) in [5.41, 5.74) is 1.02. The fourth-order valence-corrected chi connectivity index (χ4v) is 5.53.